The number of urea groups is 1. The number of anilines is 3. The fraction of sp³-hybridized carbons (Fsp3) is 0. The summed E-state index contributed by atoms with van der Waals surface area (Å²) in [5.74, 6) is -0.584. The zero-order chi connectivity index (χ0) is 15.4. The first-order valence-electron chi connectivity index (χ1n) is 5.83. The maximum Gasteiger partial charge on any atom is 0.323 e. The second kappa shape index (κ2) is 5.87. The van der Waals surface area contributed by atoms with Gasteiger partial charge >= 0.3 is 6.03 Å². The Kier molecular flexibility index (Phi) is 3.98. The molecule has 0 heterocycles. The van der Waals surface area contributed by atoms with Crippen LogP contribution < -0.4 is 16.4 Å². The van der Waals surface area contributed by atoms with E-state index in [9.17, 15) is 19.3 Å². The molecule has 0 spiro atoms. The molecule has 2 aromatic rings. The summed E-state index contributed by atoms with van der Waals surface area (Å²) in [5, 5.41) is 15.5. The minimum Gasteiger partial charge on any atom is -0.396 e. The van der Waals surface area contributed by atoms with Crippen LogP contribution in [0.2, 0.25) is 0 Å². The van der Waals surface area contributed by atoms with Gasteiger partial charge in [0.05, 0.1) is 10.6 Å². The average Bonchev–Trinajstić information content (AvgIpc) is 2.43. The van der Waals surface area contributed by atoms with Crippen LogP contribution in [0.3, 0.4) is 0 Å². The third-order valence-electron chi connectivity index (χ3n) is 2.57. The topological polar surface area (TPSA) is 110 Å². The first-order valence-corrected chi connectivity index (χ1v) is 5.83. The van der Waals surface area contributed by atoms with Gasteiger partial charge in [-0.1, -0.05) is 6.07 Å². The van der Waals surface area contributed by atoms with Crippen LogP contribution in [0.5, 0.6) is 0 Å². The molecule has 2 aromatic carbocycles. The van der Waals surface area contributed by atoms with Gasteiger partial charge in [-0.25, -0.2) is 9.18 Å². The van der Waals surface area contributed by atoms with Crippen LogP contribution in [0.25, 0.3) is 0 Å². The highest BCUT2D eigenvalue weighted by Crippen LogP contribution is 2.19. The number of hydrogen-bond acceptors (Lipinski definition) is 4. The molecule has 0 aliphatic carbocycles. The highest BCUT2D eigenvalue weighted by atomic mass is 19.1. The van der Waals surface area contributed by atoms with Crippen molar-refractivity contribution in [3.8, 4) is 0 Å². The largest absolute Gasteiger partial charge is 0.396 e. The minimum absolute atomic E-state index is 0.0943. The summed E-state index contributed by atoms with van der Waals surface area (Å²) in [6.45, 7) is 0. The molecule has 8 heteroatoms. The predicted molar refractivity (Wildman–Crippen MR) is 76.6 cm³/mol. The number of carbonyl (C=O) groups excluding carboxylic acids is 1. The molecular weight excluding hydrogens is 279 g/mol. The number of halogens is 1. The van der Waals surface area contributed by atoms with Crippen molar-refractivity contribution >= 4 is 28.8 Å². The molecule has 108 valence electrons. The average molecular weight is 290 g/mol. The second-order valence-corrected chi connectivity index (χ2v) is 4.12. The van der Waals surface area contributed by atoms with Crippen LogP contribution in [0.1, 0.15) is 0 Å². The highest BCUT2D eigenvalue weighted by molar-refractivity contribution is 6.00. The number of nitrogens with two attached hydrogens (primary N) is 1. The molecule has 7 nitrogen and oxygen atoms in total. The van der Waals surface area contributed by atoms with Gasteiger partial charge in [0.2, 0.25) is 0 Å². The summed E-state index contributed by atoms with van der Waals surface area (Å²) in [5.41, 5.74) is 5.71. The lowest BCUT2D eigenvalue weighted by molar-refractivity contribution is -0.384. The minimum atomic E-state index is -0.624. The number of nitrogens with one attached hydrogen (secondary N) is 2. The number of amides is 2. The van der Waals surface area contributed by atoms with Crippen LogP contribution in [-0.4, -0.2) is 11.0 Å². The Hall–Kier alpha value is -3.16. The van der Waals surface area contributed by atoms with E-state index in [2.05, 4.69) is 10.6 Å². The van der Waals surface area contributed by atoms with Gasteiger partial charge in [-0.05, 0) is 24.3 Å². The summed E-state index contributed by atoms with van der Waals surface area (Å²) in [6, 6.07) is 8.60. The van der Waals surface area contributed by atoms with E-state index >= 15 is 0 Å². The molecule has 4 N–H and O–H groups in total. The van der Waals surface area contributed by atoms with E-state index in [1.807, 2.05) is 0 Å². The molecule has 0 fully saturated rings. The molecule has 2 amide bonds. The molecule has 21 heavy (non-hydrogen) atoms. The van der Waals surface area contributed by atoms with Gasteiger partial charge in [0, 0.05) is 23.5 Å². The van der Waals surface area contributed by atoms with Crippen molar-refractivity contribution in [1.82, 2.24) is 0 Å². The molecule has 0 atom stereocenters. The Morgan fingerprint density at radius 3 is 2.43 bits per heavy atom. The monoisotopic (exact) mass is 290 g/mol. The van der Waals surface area contributed by atoms with Crippen molar-refractivity contribution < 1.29 is 14.1 Å². The van der Waals surface area contributed by atoms with Gasteiger partial charge in [-0.15, -0.1) is 0 Å². The van der Waals surface area contributed by atoms with Crippen LogP contribution in [-0.2, 0) is 0 Å². The number of benzene rings is 2. The predicted octanol–water partition coefficient (Wildman–Crippen LogP) is 2.96. The van der Waals surface area contributed by atoms with Gasteiger partial charge in [0.1, 0.15) is 5.82 Å². The molecule has 0 saturated carbocycles. The van der Waals surface area contributed by atoms with Gasteiger partial charge < -0.3 is 16.4 Å². The van der Waals surface area contributed by atoms with Crippen LogP contribution in [0, 0.1) is 15.9 Å². The normalized spacial score (nSPS) is 9.95. The lowest BCUT2D eigenvalue weighted by atomic mass is 10.2. The molecular formula is C13H11FN4O3. The number of nitrogen functional groups attached to an aromatic ring is 1. The molecule has 0 bridgehead atoms. The highest BCUT2D eigenvalue weighted by Gasteiger charge is 2.09. The lowest BCUT2D eigenvalue weighted by Crippen LogP contribution is -2.19. The van der Waals surface area contributed by atoms with E-state index in [0.29, 0.717) is 5.69 Å². The molecule has 0 aromatic heterocycles. The van der Waals surface area contributed by atoms with E-state index in [1.165, 1.54) is 36.4 Å². The Labute approximate surface area is 118 Å². The lowest BCUT2D eigenvalue weighted by Gasteiger charge is -2.08. The van der Waals surface area contributed by atoms with Crippen molar-refractivity contribution in [3.05, 3.63) is 58.4 Å². The van der Waals surface area contributed by atoms with Crippen LogP contribution in [0.4, 0.5) is 31.9 Å². The maximum atomic E-state index is 13.0. The van der Waals surface area contributed by atoms with Crippen molar-refractivity contribution in [3.63, 3.8) is 0 Å². The smallest absolute Gasteiger partial charge is 0.323 e. The summed E-state index contributed by atoms with van der Waals surface area (Å²) in [7, 11) is 0. The Morgan fingerprint density at radius 2 is 1.81 bits per heavy atom. The van der Waals surface area contributed by atoms with Gasteiger partial charge in [-0.2, -0.15) is 0 Å². The Bertz CT molecular complexity index is 706. The van der Waals surface area contributed by atoms with Crippen LogP contribution >= 0.6 is 0 Å². The number of nitrogens with zero attached hydrogens (tertiary/aromatic N) is 1. The second-order valence-electron chi connectivity index (χ2n) is 4.12. The maximum absolute atomic E-state index is 13.0. The third-order valence-corrected chi connectivity index (χ3v) is 2.57. The molecule has 0 aliphatic rings. The summed E-state index contributed by atoms with van der Waals surface area (Å²) >= 11 is 0. The van der Waals surface area contributed by atoms with E-state index < -0.39 is 16.8 Å². The summed E-state index contributed by atoms with van der Waals surface area (Å²) in [4.78, 5) is 21.8. The van der Waals surface area contributed by atoms with E-state index in [-0.39, 0.29) is 17.1 Å². The fourth-order valence-electron chi connectivity index (χ4n) is 1.61. The Balaban J connectivity index is 2.06. The summed E-state index contributed by atoms with van der Waals surface area (Å²) in [6.07, 6.45) is 0. The van der Waals surface area contributed by atoms with E-state index in [0.717, 1.165) is 6.07 Å². The quantitative estimate of drug-likeness (QED) is 0.458. The van der Waals surface area contributed by atoms with Crippen molar-refractivity contribution in [2.45, 2.75) is 0 Å². The molecule has 0 unspecified atom stereocenters. The van der Waals surface area contributed by atoms with Gasteiger partial charge in [0.25, 0.3) is 5.69 Å². The number of carbonyl (C=O) groups is 1. The first kappa shape index (κ1) is 14.3. The number of rotatable bonds is 3. The van der Waals surface area contributed by atoms with E-state index in [4.69, 9.17) is 5.73 Å². The Morgan fingerprint density at radius 1 is 1.14 bits per heavy atom. The number of non-ortho nitro benzene ring substituents is 1. The number of hydrogen-bond donors (Lipinski definition) is 3. The summed E-state index contributed by atoms with van der Waals surface area (Å²) < 4.78 is 13.0. The number of nitro groups is 1. The molecule has 0 aliphatic heterocycles. The first-order chi connectivity index (χ1) is 9.95. The molecule has 0 saturated heterocycles. The van der Waals surface area contributed by atoms with Gasteiger partial charge in [0.15, 0.2) is 0 Å². The zero-order valence-corrected chi connectivity index (χ0v) is 10.7. The third kappa shape index (κ3) is 3.66. The van der Waals surface area contributed by atoms with Gasteiger partial charge in [-0.3, -0.25) is 10.1 Å². The fourth-order valence-corrected chi connectivity index (χ4v) is 1.61. The molecule has 0 radical (unpaired) electrons. The van der Waals surface area contributed by atoms with Crippen molar-refractivity contribution in [1.29, 1.82) is 0 Å². The van der Waals surface area contributed by atoms with Crippen molar-refractivity contribution in [2.75, 3.05) is 16.4 Å². The zero-order valence-electron chi connectivity index (χ0n) is 10.7. The standard InChI is InChI=1S/C13H11FN4O3/c14-11-5-4-9(7-12(11)15)17-13(19)16-8-2-1-3-10(6-8)18(20)21/h1-7H,15H2,(H2,16,17,19). The van der Waals surface area contributed by atoms with Crippen LogP contribution in [0.15, 0.2) is 42.5 Å². The van der Waals surface area contributed by atoms with Crippen molar-refractivity contribution in [2.24, 2.45) is 0 Å². The van der Waals surface area contributed by atoms with E-state index in [1.54, 1.807) is 0 Å². The number of nitro benzene ring substituents is 1. The SMILES string of the molecule is Nc1cc(NC(=O)Nc2cccc([N+](=O)[O-])c2)ccc1F. The molecule has 2 rings (SSSR count).